The standard InChI is InChI=1S/C16H22BrClFN/c1-3-10-5-6-11(9-10)16(20-4-2)12-7-8-13(17)14(18)15(12)19/h7-8,10-11,16,20H,3-6,9H2,1-2H3. The molecule has 1 saturated carbocycles. The van der Waals surface area contributed by atoms with Crippen LogP contribution >= 0.6 is 27.5 Å². The minimum atomic E-state index is -0.285. The average molecular weight is 363 g/mol. The lowest BCUT2D eigenvalue weighted by Crippen LogP contribution is -2.28. The quantitative estimate of drug-likeness (QED) is 0.661. The van der Waals surface area contributed by atoms with E-state index in [1.54, 1.807) is 0 Å². The minimum absolute atomic E-state index is 0.0714. The van der Waals surface area contributed by atoms with Crippen LogP contribution in [0.4, 0.5) is 4.39 Å². The Labute approximate surface area is 134 Å². The van der Waals surface area contributed by atoms with E-state index in [9.17, 15) is 4.39 Å². The van der Waals surface area contributed by atoms with Crippen LogP contribution in [0.25, 0.3) is 0 Å². The van der Waals surface area contributed by atoms with Crippen LogP contribution in [0, 0.1) is 17.7 Å². The highest BCUT2D eigenvalue weighted by molar-refractivity contribution is 9.10. The molecule has 3 atom stereocenters. The Hall–Kier alpha value is -0.120. The van der Waals surface area contributed by atoms with Gasteiger partial charge in [0.25, 0.3) is 0 Å². The Morgan fingerprint density at radius 3 is 2.75 bits per heavy atom. The molecule has 2 rings (SSSR count). The maximum Gasteiger partial charge on any atom is 0.147 e. The molecule has 112 valence electrons. The third kappa shape index (κ3) is 3.37. The topological polar surface area (TPSA) is 12.0 Å². The third-order valence-corrected chi connectivity index (χ3v) is 5.71. The summed E-state index contributed by atoms with van der Waals surface area (Å²) in [5.74, 6) is 1.01. The zero-order chi connectivity index (χ0) is 14.7. The molecule has 1 aromatic rings. The predicted molar refractivity (Wildman–Crippen MR) is 86.6 cm³/mol. The van der Waals surface area contributed by atoms with Gasteiger partial charge in [0.15, 0.2) is 0 Å². The summed E-state index contributed by atoms with van der Waals surface area (Å²) in [5.41, 5.74) is 0.710. The summed E-state index contributed by atoms with van der Waals surface area (Å²) >= 11 is 9.32. The minimum Gasteiger partial charge on any atom is -0.310 e. The highest BCUT2D eigenvalue weighted by atomic mass is 79.9. The summed E-state index contributed by atoms with van der Waals surface area (Å²) < 4.78 is 15.1. The van der Waals surface area contributed by atoms with E-state index in [1.165, 1.54) is 25.7 Å². The maximum atomic E-state index is 14.5. The molecular weight excluding hydrogens is 341 g/mol. The lowest BCUT2D eigenvalue weighted by atomic mass is 9.90. The van der Waals surface area contributed by atoms with Gasteiger partial charge in [0.05, 0.1) is 5.02 Å². The number of nitrogens with one attached hydrogen (secondary N) is 1. The van der Waals surface area contributed by atoms with Crippen molar-refractivity contribution >= 4 is 27.5 Å². The van der Waals surface area contributed by atoms with Crippen molar-refractivity contribution in [2.45, 2.75) is 45.6 Å². The largest absolute Gasteiger partial charge is 0.310 e. The number of rotatable bonds is 5. The van der Waals surface area contributed by atoms with Crippen molar-refractivity contribution in [3.63, 3.8) is 0 Å². The summed E-state index contributed by atoms with van der Waals surface area (Å²) in [7, 11) is 0. The number of hydrogen-bond donors (Lipinski definition) is 1. The Morgan fingerprint density at radius 1 is 1.40 bits per heavy atom. The number of hydrogen-bond acceptors (Lipinski definition) is 1. The van der Waals surface area contributed by atoms with Crippen molar-refractivity contribution in [1.29, 1.82) is 0 Å². The molecule has 20 heavy (non-hydrogen) atoms. The van der Waals surface area contributed by atoms with Gasteiger partial charge in [0.1, 0.15) is 5.82 Å². The van der Waals surface area contributed by atoms with E-state index in [0.717, 1.165) is 12.5 Å². The van der Waals surface area contributed by atoms with Crippen LogP contribution in [0.15, 0.2) is 16.6 Å². The van der Waals surface area contributed by atoms with Crippen molar-refractivity contribution in [2.75, 3.05) is 6.54 Å². The molecule has 1 nitrogen and oxygen atoms in total. The monoisotopic (exact) mass is 361 g/mol. The summed E-state index contributed by atoms with van der Waals surface area (Å²) in [6.45, 7) is 5.15. The SMILES string of the molecule is CCNC(c1ccc(Br)c(Cl)c1F)C1CCC(CC)C1. The van der Waals surface area contributed by atoms with Crippen LogP contribution in [-0.4, -0.2) is 6.54 Å². The van der Waals surface area contributed by atoms with Gasteiger partial charge in [-0.25, -0.2) is 4.39 Å². The van der Waals surface area contributed by atoms with Gasteiger partial charge in [-0.1, -0.05) is 44.4 Å². The zero-order valence-corrected chi connectivity index (χ0v) is 14.4. The van der Waals surface area contributed by atoms with Gasteiger partial charge in [-0.2, -0.15) is 0 Å². The zero-order valence-electron chi connectivity index (χ0n) is 12.1. The van der Waals surface area contributed by atoms with E-state index in [1.807, 2.05) is 12.1 Å². The van der Waals surface area contributed by atoms with Gasteiger partial charge < -0.3 is 5.32 Å². The molecule has 3 unspecified atom stereocenters. The molecule has 0 spiro atoms. The summed E-state index contributed by atoms with van der Waals surface area (Å²) in [5, 5.41) is 3.65. The molecule has 4 heteroatoms. The van der Waals surface area contributed by atoms with E-state index in [0.29, 0.717) is 16.0 Å². The first-order valence-electron chi connectivity index (χ1n) is 7.45. The Morgan fingerprint density at radius 2 is 2.15 bits per heavy atom. The fourth-order valence-corrected chi connectivity index (χ4v) is 3.80. The fraction of sp³-hybridized carbons (Fsp3) is 0.625. The lowest BCUT2D eigenvalue weighted by molar-refractivity contribution is 0.350. The van der Waals surface area contributed by atoms with E-state index >= 15 is 0 Å². The van der Waals surface area contributed by atoms with Crippen molar-refractivity contribution in [1.82, 2.24) is 5.32 Å². The summed E-state index contributed by atoms with van der Waals surface area (Å²) in [4.78, 5) is 0. The van der Waals surface area contributed by atoms with E-state index < -0.39 is 0 Å². The summed E-state index contributed by atoms with van der Waals surface area (Å²) in [6.07, 6.45) is 4.83. The first kappa shape index (κ1) is 16.3. The second-order valence-electron chi connectivity index (χ2n) is 5.65. The number of benzene rings is 1. The molecule has 1 aliphatic carbocycles. The van der Waals surface area contributed by atoms with Crippen molar-refractivity contribution in [3.05, 3.63) is 33.0 Å². The Kier molecular flexibility index (Phi) is 5.88. The Bertz CT molecular complexity index is 466. The van der Waals surface area contributed by atoms with Gasteiger partial charge in [0.2, 0.25) is 0 Å². The fourth-order valence-electron chi connectivity index (χ4n) is 3.32. The van der Waals surface area contributed by atoms with Crippen LogP contribution in [-0.2, 0) is 0 Å². The van der Waals surface area contributed by atoms with Crippen LogP contribution in [0.3, 0.4) is 0 Å². The molecular formula is C16H22BrClFN. The van der Waals surface area contributed by atoms with Gasteiger partial charge in [-0.3, -0.25) is 0 Å². The first-order chi connectivity index (χ1) is 9.58. The molecule has 1 aliphatic rings. The molecule has 0 heterocycles. The van der Waals surface area contributed by atoms with Gasteiger partial charge in [-0.15, -0.1) is 0 Å². The van der Waals surface area contributed by atoms with E-state index in [4.69, 9.17) is 11.6 Å². The smallest absolute Gasteiger partial charge is 0.147 e. The lowest BCUT2D eigenvalue weighted by Gasteiger charge is -2.26. The Balaban J connectivity index is 2.27. The predicted octanol–water partition coefficient (Wildman–Crippen LogP) is 5.72. The van der Waals surface area contributed by atoms with Crippen LogP contribution < -0.4 is 5.32 Å². The molecule has 0 radical (unpaired) electrons. The van der Waals surface area contributed by atoms with Gasteiger partial charge in [-0.05, 0) is 53.2 Å². The van der Waals surface area contributed by atoms with Crippen molar-refractivity contribution in [2.24, 2.45) is 11.8 Å². The molecule has 0 bridgehead atoms. The van der Waals surface area contributed by atoms with Crippen molar-refractivity contribution < 1.29 is 4.39 Å². The molecule has 0 aliphatic heterocycles. The molecule has 0 amide bonds. The van der Waals surface area contributed by atoms with Crippen LogP contribution in [0.2, 0.25) is 5.02 Å². The second kappa shape index (κ2) is 7.24. The summed E-state index contributed by atoms with van der Waals surface area (Å²) in [6, 6.07) is 3.78. The highest BCUT2D eigenvalue weighted by Gasteiger charge is 2.32. The highest BCUT2D eigenvalue weighted by Crippen LogP contribution is 2.42. The molecule has 1 aromatic carbocycles. The van der Waals surface area contributed by atoms with Crippen LogP contribution in [0.1, 0.15) is 51.1 Å². The molecule has 0 aromatic heterocycles. The number of halogens is 3. The normalized spacial score (nSPS) is 24.1. The van der Waals surface area contributed by atoms with Gasteiger partial charge >= 0.3 is 0 Å². The van der Waals surface area contributed by atoms with E-state index in [2.05, 4.69) is 35.1 Å². The third-order valence-electron chi connectivity index (χ3n) is 4.45. The van der Waals surface area contributed by atoms with Gasteiger partial charge in [0, 0.05) is 16.1 Å². The van der Waals surface area contributed by atoms with Crippen molar-refractivity contribution in [3.8, 4) is 0 Å². The molecule has 0 saturated heterocycles. The van der Waals surface area contributed by atoms with E-state index in [-0.39, 0.29) is 16.9 Å². The molecule has 1 fully saturated rings. The van der Waals surface area contributed by atoms with Crippen LogP contribution in [0.5, 0.6) is 0 Å². The maximum absolute atomic E-state index is 14.5. The average Bonchev–Trinajstić information content (AvgIpc) is 2.92. The molecule has 1 N–H and O–H groups in total. The first-order valence-corrected chi connectivity index (χ1v) is 8.62. The second-order valence-corrected chi connectivity index (χ2v) is 6.88.